The molecule has 2 aromatic rings. The summed E-state index contributed by atoms with van der Waals surface area (Å²) in [7, 11) is 0. The molecule has 0 spiro atoms. The second-order valence-electron chi connectivity index (χ2n) is 6.71. The van der Waals surface area contributed by atoms with E-state index in [4.69, 9.17) is 4.98 Å². The number of nitrogens with one attached hydrogen (secondary N) is 2. The molecular weight excluding hydrogens is 366 g/mol. The number of thioether (sulfide) groups is 1. The van der Waals surface area contributed by atoms with E-state index in [2.05, 4.69) is 24.1 Å². The van der Waals surface area contributed by atoms with E-state index < -0.39 is 0 Å². The first-order chi connectivity index (χ1) is 12.6. The van der Waals surface area contributed by atoms with Gasteiger partial charge in [0.25, 0.3) is 5.56 Å². The number of anilines is 1. The van der Waals surface area contributed by atoms with Crippen molar-refractivity contribution in [3.63, 3.8) is 0 Å². The fourth-order valence-electron chi connectivity index (χ4n) is 3.51. The van der Waals surface area contributed by atoms with Gasteiger partial charge >= 0.3 is 0 Å². The highest BCUT2D eigenvalue weighted by Crippen LogP contribution is 2.44. The second kappa shape index (κ2) is 7.04. The molecule has 0 saturated carbocycles. The molecule has 26 heavy (non-hydrogen) atoms. The number of ketones is 1. The lowest BCUT2D eigenvalue weighted by molar-refractivity contribution is -0.116. The van der Waals surface area contributed by atoms with E-state index in [1.165, 1.54) is 0 Å². The van der Waals surface area contributed by atoms with E-state index in [9.17, 15) is 9.59 Å². The minimum atomic E-state index is -0.312. The number of rotatable bonds is 4. The predicted molar refractivity (Wildman–Crippen MR) is 106 cm³/mol. The van der Waals surface area contributed by atoms with Crippen molar-refractivity contribution < 1.29 is 4.79 Å². The van der Waals surface area contributed by atoms with Crippen LogP contribution in [0.3, 0.4) is 0 Å². The number of allylic oxidation sites excluding steroid dienone is 2. The van der Waals surface area contributed by atoms with Crippen LogP contribution in [0.5, 0.6) is 0 Å². The van der Waals surface area contributed by atoms with Crippen LogP contribution in [0, 0.1) is 0 Å². The van der Waals surface area contributed by atoms with Crippen LogP contribution >= 0.6 is 23.1 Å². The number of fused-ring (bicyclic) bond motifs is 1. The van der Waals surface area contributed by atoms with E-state index >= 15 is 0 Å². The molecule has 2 aromatic heterocycles. The molecule has 0 saturated heterocycles. The Labute approximate surface area is 160 Å². The van der Waals surface area contributed by atoms with Crippen LogP contribution in [0.15, 0.2) is 38.7 Å². The van der Waals surface area contributed by atoms with Crippen molar-refractivity contribution in [1.82, 2.24) is 9.97 Å². The Morgan fingerprint density at radius 2 is 2.23 bits per heavy atom. The number of nitrogens with zero attached hydrogens (tertiary/aromatic N) is 1. The highest BCUT2D eigenvalue weighted by Gasteiger charge is 2.38. The predicted octanol–water partition coefficient (Wildman–Crippen LogP) is 4.29. The summed E-state index contributed by atoms with van der Waals surface area (Å²) in [6.07, 6.45) is 3.21. The van der Waals surface area contributed by atoms with Crippen molar-refractivity contribution in [2.45, 2.75) is 55.9 Å². The smallest absolute Gasteiger partial charge is 0.257 e. The van der Waals surface area contributed by atoms with Gasteiger partial charge in [0.2, 0.25) is 0 Å². The van der Waals surface area contributed by atoms with Crippen molar-refractivity contribution in [2.75, 3.05) is 5.32 Å². The highest BCUT2D eigenvalue weighted by molar-refractivity contribution is 7.99. The van der Waals surface area contributed by atoms with Gasteiger partial charge in [0.15, 0.2) is 10.9 Å². The number of carbonyl (C=O) groups is 1. The van der Waals surface area contributed by atoms with Crippen molar-refractivity contribution in [2.24, 2.45) is 0 Å². The second-order valence-corrected chi connectivity index (χ2v) is 9.12. The summed E-state index contributed by atoms with van der Waals surface area (Å²) in [5.74, 6) is 0.430. The van der Waals surface area contributed by atoms with E-state index in [0.717, 1.165) is 35.4 Å². The Morgan fingerprint density at radius 3 is 2.96 bits per heavy atom. The van der Waals surface area contributed by atoms with Gasteiger partial charge in [-0.2, -0.15) is 0 Å². The summed E-state index contributed by atoms with van der Waals surface area (Å²) >= 11 is 3.15. The zero-order valence-electron chi connectivity index (χ0n) is 14.8. The molecule has 0 aromatic carbocycles. The fourth-order valence-corrected chi connectivity index (χ4v) is 5.20. The number of hydrogen-bond donors (Lipinski definition) is 2. The van der Waals surface area contributed by atoms with Gasteiger partial charge in [-0.1, -0.05) is 31.7 Å². The molecule has 0 unspecified atom stereocenters. The minimum absolute atomic E-state index is 0.139. The van der Waals surface area contributed by atoms with Crippen molar-refractivity contribution in [3.05, 3.63) is 49.6 Å². The topological polar surface area (TPSA) is 74.8 Å². The number of thiophene rings is 1. The summed E-state index contributed by atoms with van der Waals surface area (Å²) in [4.78, 5) is 34.3. The van der Waals surface area contributed by atoms with Gasteiger partial charge in [-0.25, -0.2) is 4.98 Å². The molecular formula is C19H21N3O2S2. The molecule has 4 rings (SSSR count). The molecule has 2 aliphatic rings. The van der Waals surface area contributed by atoms with Crippen LogP contribution in [0.1, 0.15) is 55.9 Å². The molecule has 0 bridgehead atoms. The van der Waals surface area contributed by atoms with Crippen molar-refractivity contribution >= 4 is 34.7 Å². The SMILES string of the molecule is CC[C@H](C)Sc1nc2c(c(=O)[nH]1)[C@@H](c1cccs1)C1=C(CCCC1=O)N2. The summed E-state index contributed by atoms with van der Waals surface area (Å²) in [5.41, 5.74) is 2.09. The molecule has 1 aliphatic carbocycles. The minimum Gasteiger partial charge on any atom is -0.343 e. The van der Waals surface area contributed by atoms with Gasteiger partial charge in [0.1, 0.15) is 5.82 Å². The lowest BCUT2D eigenvalue weighted by Crippen LogP contribution is -2.32. The molecule has 1 aliphatic heterocycles. The first kappa shape index (κ1) is 17.5. The Bertz CT molecular complexity index is 931. The molecule has 0 amide bonds. The van der Waals surface area contributed by atoms with Crippen LogP contribution < -0.4 is 10.9 Å². The monoisotopic (exact) mass is 387 g/mol. The fraction of sp³-hybridized carbons (Fsp3) is 0.421. The normalized spacial score (nSPS) is 20.4. The number of aromatic amines is 1. The lowest BCUT2D eigenvalue weighted by Gasteiger charge is -2.32. The van der Waals surface area contributed by atoms with Gasteiger partial charge in [0, 0.05) is 27.8 Å². The van der Waals surface area contributed by atoms with E-state index in [0.29, 0.717) is 28.2 Å². The Kier molecular flexibility index (Phi) is 4.75. The lowest BCUT2D eigenvalue weighted by atomic mass is 9.79. The maximum absolute atomic E-state index is 13.0. The Hall–Kier alpha value is -1.86. The molecule has 5 nitrogen and oxygen atoms in total. The van der Waals surface area contributed by atoms with Crippen LogP contribution in [0.25, 0.3) is 0 Å². The van der Waals surface area contributed by atoms with Crippen LogP contribution in [0.4, 0.5) is 5.82 Å². The third-order valence-corrected chi connectivity index (χ3v) is 7.04. The van der Waals surface area contributed by atoms with Crippen LogP contribution in [-0.2, 0) is 4.79 Å². The van der Waals surface area contributed by atoms with Gasteiger partial charge in [-0.3, -0.25) is 9.59 Å². The maximum Gasteiger partial charge on any atom is 0.257 e. The Morgan fingerprint density at radius 1 is 1.38 bits per heavy atom. The zero-order chi connectivity index (χ0) is 18.3. The number of Topliss-reactive ketones (excluding diaryl/α,β-unsaturated/α-hetero) is 1. The molecule has 0 radical (unpaired) electrons. The van der Waals surface area contributed by atoms with Crippen molar-refractivity contribution in [1.29, 1.82) is 0 Å². The van der Waals surface area contributed by atoms with Crippen molar-refractivity contribution in [3.8, 4) is 0 Å². The third kappa shape index (κ3) is 3.03. The zero-order valence-corrected chi connectivity index (χ0v) is 16.4. The van der Waals surface area contributed by atoms with Crippen LogP contribution in [-0.4, -0.2) is 21.0 Å². The third-order valence-electron chi connectivity index (χ3n) is 4.95. The van der Waals surface area contributed by atoms with Gasteiger partial charge in [0.05, 0.1) is 11.5 Å². The Balaban J connectivity index is 1.87. The van der Waals surface area contributed by atoms with Crippen LogP contribution in [0.2, 0.25) is 0 Å². The highest BCUT2D eigenvalue weighted by atomic mass is 32.2. The number of carbonyl (C=O) groups excluding carboxylic acids is 1. The maximum atomic E-state index is 13.0. The molecule has 3 heterocycles. The van der Waals surface area contributed by atoms with E-state index in [-0.39, 0.29) is 17.3 Å². The van der Waals surface area contributed by atoms with E-state index in [1.807, 2.05) is 17.5 Å². The average molecular weight is 388 g/mol. The number of H-pyrrole nitrogens is 1. The molecule has 0 fully saturated rings. The molecule has 136 valence electrons. The number of aromatic nitrogens is 2. The molecule has 2 N–H and O–H groups in total. The largest absolute Gasteiger partial charge is 0.343 e. The first-order valence-corrected chi connectivity index (χ1v) is 10.7. The summed E-state index contributed by atoms with van der Waals surface area (Å²) in [6.45, 7) is 4.23. The molecule has 2 atom stereocenters. The molecule has 7 heteroatoms. The number of hydrogen-bond acceptors (Lipinski definition) is 6. The first-order valence-electron chi connectivity index (χ1n) is 8.96. The summed E-state index contributed by atoms with van der Waals surface area (Å²) < 4.78 is 0. The quantitative estimate of drug-likeness (QED) is 0.605. The average Bonchev–Trinajstić information content (AvgIpc) is 3.14. The van der Waals surface area contributed by atoms with Gasteiger partial charge in [-0.05, 0) is 30.7 Å². The standard InChI is InChI=1S/C19H21N3O2S2/c1-3-10(2)26-19-21-17-16(18(24)22-19)15(13-8-5-9-25-13)14-11(20-17)6-4-7-12(14)23/h5,8-10,15H,3-4,6-7H2,1-2H3,(H2,20,21,22,24)/t10-,15-/m0/s1. The van der Waals surface area contributed by atoms with Gasteiger partial charge in [-0.15, -0.1) is 11.3 Å². The van der Waals surface area contributed by atoms with E-state index in [1.54, 1.807) is 23.1 Å². The summed E-state index contributed by atoms with van der Waals surface area (Å²) in [5, 5.41) is 6.30. The summed E-state index contributed by atoms with van der Waals surface area (Å²) in [6, 6.07) is 3.96. The van der Waals surface area contributed by atoms with Gasteiger partial charge < -0.3 is 10.3 Å².